The molecule has 10 heteroatoms. The molecule has 3 rings (SSSR count). The van der Waals surface area contributed by atoms with Gasteiger partial charge in [-0.1, -0.05) is 13.3 Å². The van der Waals surface area contributed by atoms with Crippen molar-refractivity contribution in [3.8, 4) is 17.2 Å². The molecule has 1 N–H and O–H groups in total. The van der Waals surface area contributed by atoms with Crippen molar-refractivity contribution in [2.45, 2.75) is 39.4 Å². The van der Waals surface area contributed by atoms with Crippen molar-refractivity contribution in [2.24, 2.45) is 0 Å². The molecule has 0 saturated heterocycles. The second-order valence-electron chi connectivity index (χ2n) is 7.30. The number of hydrogen-bond acceptors (Lipinski definition) is 5. The first kappa shape index (κ1) is 24.8. The maximum absolute atomic E-state index is 13.3. The van der Waals surface area contributed by atoms with Crippen LogP contribution in [0.4, 0.5) is 18.9 Å². The number of hydrogen-bond donors (Lipinski definition) is 1. The molecule has 0 aliphatic rings. The number of aromatic nitrogens is 2. The molecule has 1 heterocycles. The predicted octanol–water partition coefficient (Wildman–Crippen LogP) is 5.51. The summed E-state index contributed by atoms with van der Waals surface area (Å²) in [5.74, 6) is 0.177. The van der Waals surface area contributed by atoms with Crippen LogP contribution in [-0.4, -0.2) is 22.3 Å². The van der Waals surface area contributed by atoms with E-state index in [1.165, 1.54) is 12.1 Å². The fourth-order valence-corrected chi connectivity index (χ4v) is 3.01. The Bertz CT molecular complexity index is 1190. The van der Waals surface area contributed by atoms with Crippen LogP contribution in [0.15, 0.2) is 59.4 Å². The van der Waals surface area contributed by atoms with Gasteiger partial charge in [-0.05, 0) is 61.9 Å². The van der Waals surface area contributed by atoms with Crippen molar-refractivity contribution in [2.75, 3.05) is 11.9 Å². The van der Waals surface area contributed by atoms with Gasteiger partial charge in [-0.15, -0.1) is 0 Å². The van der Waals surface area contributed by atoms with Crippen molar-refractivity contribution >= 4 is 11.6 Å². The van der Waals surface area contributed by atoms with Crippen LogP contribution in [0.3, 0.4) is 0 Å². The standard InChI is InChI=1S/C24H24F3N3O4/c1-3-5-14-30-22(31)13-11-19(29-30)23(32)28-20-15-16(24(25,26)27)6-12-21(20)34-18-9-7-17(8-10-18)33-4-2/h6-13,15H,3-5,14H2,1-2H3,(H,28,32). The monoisotopic (exact) mass is 475 g/mol. The Kier molecular flexibility index (Phi) is 7.93. The van der Waals surface area contributed by atoms with Gasteiger partial charge in [0.15, 0.2) is 5.75 Å². The lowest BCUT2D eigenvalue weighted by molar-refractivity contribution is -0.137. The van der Waals surface area contributed by atoms with Crippen LogP contribution in [0.1, 0.15) is 42.7 Å². The number of aryl methyl sites for hydroxylation is 1. The zero-order valence-corrected chi connectivity index (χ0v) is 18.7. The van der Waals surface area contributed by atoms with E-state index in [1.807, 2.05) is 13.8 Å². The van der Waals surface area contributed by atoms with Crippen LogP contribution in [0.25, 0.3) is 0 Å². The number of unbranched alkanes of at least 4 members (excludes halogenated alkanes) is 1. The molecule has 180 valence electrons. The number of rotatable bonds is 9. The fourth-order valence-electron chi connectivity index (χ4n) is 3.01. The number of ether oxygens (including phenoxy) is 2. The van der Waals surface area contributed by atoms with Crippen LogP contribution in [0, 0.1) is 0 Å². The minimum atomic E-state index is -4.62. The molecule has 0 spiro atoms. The van der Waals surface area contributed by atoms with Gasteiger partial charge in [0.2, 0.25) is 0 Å². The highest BCUT2D eigenvalue weighted by Crippen LogP contribution is 2.37. The lowest BCUT2D eigenvalue weighted by Crippen LogP contribution is -2.26. The quantitative estimate of drug-likeness (QED) is 0.442. The average molecular weight is 475 g/mol. The molecule has 1 amide bonds. The van der Waals surface area contributed by atoms with Crippen LogP contribution in [-0.2, 0) is 12.7 Å². The summed E-state index contributed by atoms with van der Waals surface area (Å²) in [6.07, 6.45) is -3.12. The molecule has 0 atom stereocenters. The molecule has 34 heavy (non-hydrogen) atoms. The zero-order valence-electron chi connectivity index (χ0n) is 18.7. The molecule has 2 aromatic carbocycles. The smallest absolute Gasteiger partial charge is 0.416 e. The number of anilines is 1. The van der Waals surface area contributed by atoms with E-state index < -0.39 is 17.6 Å². The van der Waals surface area contributed by atoms with E-state index in [-0.39, 0.29) is 22.7 Å². The van der Waals surface area contributed by atoms with Gasteiger partial charge in [-0.25, -0.2) is 4.68 Å². The Hall–Kier alpha value is -3.82. The largest absolute Gasteiger partial charge is 0.494 e. The zero-order chi connectivity index (χ0) is 24.7. The van der Waals surface area contributed by atoms with E-state index >= 15 is 0 Å². The molecule has 0 unspecified atom stereocenters. The normalized spacial score (nSPS) is 11.2. The van der Waals surface area contributed by atoms with Crippen LogP contribution in [0.2, 0.25) is 0 Å². The first-order valence-corrected chi connectivity index (χ1v) is 10.7. The number of nitrogens with one attached hydrogen (secondary N) is 1. The van der Waals surface area contributed by atoms with Gasteiger partial charge in [-0.3, -0.25) is 9.59 Å². The summed E-state index contributed by atoms with van der Waals surface area (Å²) in [7, 11) is 0. The summed E-state index contributed by atoms with van der Waals surface area (Å²) in [6, 6.07) is 11.7. The molecule has 7 nitrogen and oxygen atoms in total. The molecule has 3 aromatic rings. The summed E-state index contributed by atoms with van der Waals surface area (Å²) in [5.41, 5.74) is -1.63. The SMILES string of the molecule is CCCCn1nc(C(=O)Nc2cc(C(F)(F)F)ccc2Oc2ccc(OCC)cc2)ccc1=O. The minimum Gasteiger partial charge on any atom is -0.494 e. The molecule has 0 bridgehead atoms. The molecular formula is C24H24F3N3O4. The summed E-state index contributed by atoms with van der Waals surface area (Å²) >= 11 is 0. The third-order valence-electron chi connectivity index (χ3n) is 4.74. The van der Waals surface area contributed by atoms with Crippen molar-refractivity contribution in [1.29, 1.82) is 0 Å². The molecular weight excluding hydrogens is 451 g/mol. The van der Waals surface area contributed by atoms with Gasteiger partial charge >= 0.3 is 6.18 Å². The Labute approximate surface area is 194 Å². The summed E-state index contributed by atoms with van der Waals surface area (Å²) in [5, 5.41) is 6.46. The van der Waals surface area contributed by atoms with Crippen LogP contribution in [0.5, 0.6) is 17.2 Å². The van der Waals surface area contributed by atoms with E-state index in [0.29, 0.717) is 31.1 Å². The second-order valence-corrected chi connectivity index (χ2v) is 7.30. The van der Waals surface area contributed by atoms with Gasteiger partial charge in [0, 0.05) is 12.6 Å². The van der Waals surface area contributed by atoms with E-state index in [4.69, 9.17) is 9.47 Å². The molecule has 0 aliphatic carbocycles. The maximum atomic E-state index is 13.3. The van der Waals surface area contributed by atoms with Gasteiger partial charge in [0.25, 0.3) is 11.5 Å². The Balaban J connectivity index is 1.90. The molecule has 0 saturated carbocycles. The summed E-state index contributed by atoms with van der Waals surface area (Å²) < 4.78 is 52.2. The number of amides is 1. The third kappa shape index (κ3) is 6.37. The van der Waals surface area contributed by atoms with Crippen molar-refractivity contribution in [1.82, 2.24) is 9.78 Å². The minimum absolute atomic E-state index is 0.00446. The number of nitrogens with zero attached hydrogens (tertiary/aromatic N) is 2. The summed E-state index contributed by atoms with van der Waals surface area (Å²) in [4.78, 5) is 24.7. The number of halogens is 3. The van der Waals surface area contributed by atoms with Gasteiger partial charge < -0.3 is 14.8 Å². The Morgan fingerprint density at radius 1 is 1.03 bits per heavy atom. The van der Waals surface area contributed by atoms with Gasteiger partial charge in [0.1, 0.15) is 17.2 Å². The van der Waals surface area contributed by atoms with Crippen LogP contribution < -0.4 is 20.3 Å². The lowest BCUT2D eigenvalue weighted by atomic mass is 10.1. The average Bonchev–Trinajstić information content (AvgIpc) is 2.80. The fraction of sp³-hybridized carbons (Fsp3) is 0.292. The number of carbonyl (C=O) groups is 1. The van der Waals surface area contributed by atoms with E-state index in [9.17, 15) is 22.8 Å². The number of benzene rings is 2. The first-order chi connectivity index (χ1) is 16.2. The summed E-state index contributed by atoms with van der Waals surface area (Å²) in [6.45, 7) is 4.59. The lowest BCUT2D eigenvalue weighted by Gasteiger charge is -2.15. The highest BCUT2D eigenvalue weighted by atomic mass is 19.4. The Morgan fingerprint density at radius 2 is 1.74 bits per heavy atom. The van der Waals surface area contributed by atoms with Crippen molar-refractivity contribution < 1.29 is 27.4 Å². The predicted molar refractivity (Wildman–Crippen MR) is 120 cm³/mol. The van der Waals surface area contributed by atoms with Crippen molar-refractivity contribution in [3.63, 3.8) is 0 Å². The third-order valence-corrected chi connectivity index (χ3v) is 4.74. The highest BCUT2D eigenvalue weighted by Gasteiger charge is 2.31. The van der Waals surface area contributed by atoms with E-state index in [2.05, 4.69) is 10.4 Å². The van der Waals surface area contributed by atoms with E-state index in [0.717, 1.165) is 29.3 Å². The molecule has 1 aromatic heterocycles. The van der Waals surface area contributed by atoms with Crippen molar-refractivity contribution in [3.05, 3.63) is 76.2 Å². The number of alkyl halides is 3. The molecule has 0 aliphatic heterocycles. The number of carbonyl (C=O) groups excluding carboxylic acids is 1. The molecule has 0 fully saturated rings. The topological polar surface area (TPSA) is 82.5 Å². The maximum Gasteiger partial charge on any atom is 0.416 e. The molecule has 0 radical (unpaired) electrons. The van der Waals surface area contributed by atoms with Gasteiger partial charge in [-0.2, -0.15) is 18.3 Å². The first-order valence-electron chi connectivity index (χ1n) is 10.7. The van der Waals surface area contributed by atoms with E-state index in [1.54, 1.807) is 24.3 Å². The Morgan fingerprint density at radius 3 is 2.38 bits per heavy atom. The van der Waals surface area contributed by atoms with Crippen LogP contribution >= 0.6 is 0 Å². The highest BCUT2D eigenvalue weighted by molar-refractivity contribution is 6.03. The second kappa shape index (κ2) is 10.9. The van der Waals surface area contributed by atoms with Gasteiger partial charge in [0.05, 0.1) is 17.9 Å².